The smallest absolute Gasteiger partial charge is 0.171 e. The van der Waals surface area contributed by atoms with Crippen LogP contribution in [0.1, 0.15) is 50.1 Å². The van der Waals surface area contributed by atoms with Gasteiger partial charge in [0.1, 0.15) is 49.4 Å². The molecule has 2 heterocycles. The molecule has 0 amide bonds. The molecule has 2 N–H and O–H groups in total. The van der Waals surface area contributed by atoms with E-state index < -0.39 is 0 Å². The van der Waals surface area contributed by atoms with Gasteiger partial charge in [-0.05, 0) is 86.6 Å². The number of hydrogen-bond donors (Lipinski definition) is 2. The second-order valence-electron chi connectivity index (χ2n) is 13.5. The highest BCUT2D eigenvalue weighted by atomic mass is 32.1. The molecule has 0 saturated carbocycles. The van der Waals surface area contributed by atoms with Crippen LogP contribution in [0.25, 0.3) is 0 Å². The summed E-state index contributed by atoms with van der Waals surface area (Å²) in [7, 11) is 0. The van der Waals surface area contributed by atoms with Crippen LogP contribution in [0.3, 0.4) is 0 Å². The zero-order valence-electron chi connectivity index (χ0n) is 29.8. The summed E-state index contributed by atoms with van der Waals surface area (Å²) >= 11 is 5.72. The van der Waals surface area contributed by atoms with Crippen molar-refractivity contribution in [1.82, 2.24) is 5.32 Å². The van der Waals surface area contributed by atoms with E-state index in [0.717, 1.165) is 78.8 Å². The van der Waals surface area contributed by atoms with Crippen LogP contribution in [0.4, 0.5) is 5.69 Å². The minimum absolute atomic E-state index is 0.424. The van der Waals surface area contributed by atoms with Gasteiger partial charge in [0, 0.05) is 37.9 Å². The molecule has 0 unspecified atom stereocenters. The third-order valence-corrected chi connectivity index (χ3v) is 9.99. The molecule has 3 aliphatic rings. The van der Waals surface area contributed by atoms with Crippen molar-refractivity contribution in [2.24, 2.45) is 0 Å². The van der Waals surface area contributed by atoms with Gasteiger partial charge in [-0.1, -0.05) is 72.8 Å². The van der Waals surface area contributed by atoms with E-state index in [9.17, 15) is 0 Å². The summed E-state index contributed by atoms with van der Waals surface area (Å²) in [5, 5.41) is 7.29. The van der Waals surface area contributed by atoms with Crippen LogP contribution in [0.15, 0.2) is 97.1 Å². The second-order valence-corrected chi connectivity index (χ2v) is 13.9. The average molecular weight is 729 g/mol. The van der Waals surface area contributed by atoms with E-state index in [1.165, 1.54) is 0 Å². The minimum Gasteiger partial charge on any atom is -0.491 e. The summed E-state index contributed by atoms with van der Waals surface area (Å²) in [4.78, 5) is 0. The number of benzene rings is 5. The predicted octanol–water partition coefficient (Wildman–Crippen LogP) is 7.43. The van der Waals surface area contributed by atoms with Gasteiger partial charge in [0.2, 0.25) is 0 Å². The normalized spacial score (nSPS) is 15.6. The van der Waals surface area contributed by atoms with Crippen molar-refractivity contribution in [1.29, 1.82) is 0 Å². The third-order valence-electron chi connectivity index (χ3n) is 9.74. The zero-order valence-corrected chi connectivity index (χ0v) is 30.6. The van der Waals surface area contributed by atoms with Gasteiger partial charge < -0.3 is 39.1 Å². The Balaban J connectivity index is 1.28. The topological polar surface area (TPSA) is 79.4 Å². The summed E-state index contributed by atoms with van der Waals surface area (Å²) in [5.74, 6) is 3.51. The first-order valence-corrected chi connectivity index (χ1v) is 18.8. The molecule has 8 rings (SSSR count). The molecule has 5 aromatic carbocycles. The SMILES string of the molecule is S=C(NCc1cc2c3c(c1)Cc1cccc(c1OCCOCCO3)Cc1cccc3c1OCCOCCOc1c(cccc1C2)C3)Nc1ccccc1. The molecule has 2 aliphatic heterocycles. The Kier molecular flexibility index (Phi) is 11.0. The monoisotopic (exact) mass is 728 g/mol. The van der Waals surface area contributed by atoms with Crippen LogP contribution in [-0.2, 0) is 41.7 Å². The molecular formula is C44H44N2O6S. The van der Waals surface area contributed by atoms with E-state index in [2.05, 4.69) is 77.4 Å². The van der Waals surface area contributed by atoms with E-state index in [1.54, 1.807) is 0 Å². The van der Waals surface area contributed by atoms with Crippen molar-refractivity contribution < 1.29 is 28.4 Å². The quantitative estimate of drug-likeness (QED) is 0.181. The van der Waals surface area contributed by atoms with E-state index in [-0.39, 0.29) is 0 Å². The highest BCUT2D eigenvalue weighted by Gasteiger charge is 2.23. The first kappa shape index (κ1) is 35.0. The highest BCUT2D eigenvalue weighted by Crippen LogP contribution is 2.39. The minimum atomic E-state index is 0.424. The molecule has 8 nitrogen and oxygen atoms in total. The van der Waals surface area contributed by atoms with Gasteiger partial charge in [-0.2, -0.15) is 0 Å². The summed E-state index contributed by atoms with van der Waals surface area (Å²) in [5.41, 5.74) is 10.7. The summed E-state index contributed by atoms with van der Waals surface area (Å²) in [6.07, 6.45) is 2.53. The Labute approximate surface area is 316 Å². The Morgan fingerprint density at radius 2 is 0.830 bits per heavy atom. The predicted molar refractivity (Wildman–Crippen MR) is 210 cm³/mol. The van der Waals surface area contributed by atoms with E-state index >= 15 is 0 Å². The fraction of sp³-hybridized carbons (Fsp3) is 0.295. The maximum absolute atomic E-state index is 6.69. The van der Waals surface area contributed by atoms with Gasteiger partial charge in [-0.25, -0.2) is 0 Å². The Morgan fingerprint density at radius 1 is 0.453 bits per heavy atom. The van der Waals surface area contributed by atoms with Gasteiger partial charge in [-0.3, -0.25) is 0 Å². The van der Waals surface area contributed by atoms with Crippen molar-refractivity contribution in [2.75, 3.05) is 58.2 Å². The largest absolute Gasteiger partial charge is 0.491 e. The Bertz CT molecular complexity index is 2070. The van der Waals surface area contributed by atoms with Crippen LogP contribution in [-0.4, -0.2) is 58.0 Å². The number of ether oxygens (including phenoxy) is 6. The van der Waals surface area contributed by atoms with Crippen LogP contribution in [0, 0.1) is 0 Å². The fourth-order valence-electron chi connectivity index (χ4n) is 7.40. The van der Waals surface area contributed by atoms with Gasteiger partial charge in [0.05, 0.1) is 26.4 Å². The van der Waals surface area contributed by atoms with Gasteiger partial charge in [0.25, 0.3) is 0 Å². The molecule has 0 saturated heterocycles. The number of thiocarbonyl (C=S) groups is 1. The van der Waals surface area contributed by atoms with Crippen LogP contribution in [0.2, 0.25) is 0 Å². The molecule has 0 aromatic heterocycles. The van der Waals surface area contributed by atoms with E-state index in [4.69, 9.17) is 40.6 Å². The first-order chi connectivity index (χ1) is 26.2. The number of hydrogen-bond acceptors (Lipinski definition) is 7. The zero-order chi connectivity index (χ0) is 35.8. The van der Waals surface area contributed by atoms with E-state index in [1.807, 2.05) is 30.3 Å². The molecule has 12 bridgehead atoms. The molecule has 0 radical (unpaired) electrons. The lowest BCUT2D eigenvalue weighted by atomic mass is 9.90. The summed E-state index contributed by atoms with van der Waals surface area (Å²) < 4.78 is 38.5. The maximum Gasteiger partial charge on any atom is 0.171 e. The van der Waals surface area contributed by atoms with E-state index in [0.29, 0.717) is 90.2 Å². The second kappa shape index (κ2) is 16.7. The van der Waals surface area contributed by atoms with Crippen LogP contribution < -0.4 is 29.6 Å². The Hall–Kier alpha value is -5.09. The highest BCUT2D eigenvalue weighted by molar-refractivity contribution is 7.80. The van der Waals surface area contributed by atoms with Crippen molar-refractivity contribution in [2.45, 2.75) is 32.2 Å². The molecule has 272 valence electrons. The first-order valence-electron chi connectivity index (χ1n) is 18.4. The van der Waals surface area contributed by atoms with Crippen molar-refractivity contribution >= 4 is 23.0 Å². The molecular weight excluding hydrogens is 685 g/mol. The molecule has 0 fully saturated rings. The molecule has 5 aromatic rings. The van der Waals surface area contributed by atoms with Gasteiger partial charge in [-0.15, -0.1) is 0 Å². The fourth-order valence-corrected chi connectivity index (χ4v) is 7.59. The van der Waals surface area contributed by atoms with Gasteiger partial charge >= 0.3 is 0 Å². The van der Waals surface area contributed by atoms with Crippen molar-refractivity contribution in [3.63, 3.8) is 0 Å². The molecule has 0 spiro atoms. The summed E-state index contributed by atoms with van der Waals surface area (Å²) in [6, 6.07) is 33.8. The average Bonchev–Trinajstić information content (AvgIpc) is 3.15. The lowest BCUT2D eigenvalue weighted by Gasteiger charge is -2.24. The standard InChI is InChI=1S/C44H44N2O6S/c53-44(46-39-13-2-1-3-14-39)45-29-30-23-37-27-35-11-5-9-33-25-31-7-4-8-32(40(31)49-19-15-47-16-20-50-41(33)35)26-34-10-6-12-36-28-38(24-30)43(37)52-22-18-48-17-21-51-42(34)36/h1-14,23-24H,15-22,25-29H2,(H2,45,46,53). The van der Waals surface area contributed by atoms with Crippen molar-refractivity contribution in [3.05, 3.63) is 147 Å². The number of rotatable bonds is 3. The van der Waals surface area contributed by atoms with Crippen molar-refractivity contribution in [3.8, 4) is 23.0 Å². The Morgan fingerprint density at radius 3 is 1.25 bits per heavy atom. The maximum atomic E-state index is 6.69. The van der Waals surface area contributed by atoms with Gasteiger partial charge in [0.15, 0.2) is 5.11 Å². The molecule has 9 heteroatoms. The molecule has 1 aliphatic carbocycles. The third kappa shape index (κ3) is 8.43. The number of nitrogens with one attached hydrogen (secondary N) is 2. The van der Waals surface area contributed by atoms with Crippen LogP contribution in [0.5, 0.6) is 23.0 Å². The lowest BCUT2D eigenvalue weighted by Crippen LogP contribution is -2.28. The molecule has 0 atom stereocenters. The lowest BCUT2D eigenvalue weighted by molar-refractivity contribution is 0.0744. The molecule has 53 heavy (non-hydrogen) atoms. The van der Waals surface area contributed by atoms with Crippen LogP contribution >= 0.6 is 12.2 Å². The number of anilines is 1. The number of para-hydroxylation sites is 4. The summed E-state index contributed by atoms with van der Waals surface area (Å²) in [6.45, 7) is 4.16.